The van der Waals surface area contributed by atoms with E-state index in [1.54, 1.807) is 11.3 Å². The highest BCUT2D eigenvalue weighted by Gasteiger charge is 2.32. The van der Waals surface area contributed by atoms with Gasteiger partial charge >= 0.3 is 0 Å². The summed E-state index contributed by atoms with van der Waals surface area (Å²) < 4.78 is 0. The van der Waals surface area contributed by atoms with Crippen LogP contribution in [-0.4, -0.2) is 23.4 Å². The van der Waals surface area contributed by atoms with Gasteiger partial charge in [-0.05, 0) is 47.6 Å². The molecule has 1 saturated heterocycles. The number of nitrogens with two attached hydrogens (primary N) is 1. The highest BCUT2D eigenvalue weighted by Crippen LogP contribution is 2.33. The zero-order chi connectivity index (χ0) is 13.1. The van der Waals surface area contributed by atoms with Crippen molar-refractivity contribution in [2.24, 2.45) is 11.7 Å². The normalized spacial score (nSPS) is 21.6. The summed E-state index contributed by atoms with van der Waals surface area (Å²) in [6, 6.07) is 2.03. The van der Waals surface area contributed by atoms with Gasteiger partial charge in [0.25, 0.3) is 0 Å². The highest BCUT2D eigenvalue weighted by molar-refractivity contribution is 7.07. The first-order valence-corrected chi connectivity index (χ1v) is 7.62. The van der Waals surface area contributed by atoms with Crippen molar-refractivity contribution in [3.63, 3.8) is 0 Å². The van der Waals surface area contributed by atoms with E-state index >= 15 is 0 Å². The van der Waals surface area contributed by atoms with Gasteiger partial charge < -0.3 is 10.6 Å². The molecule has 2 N–H and O–H groups in total. The molecule has 1 aromatic rings. The lowest BCUT2D eigenvalue weighted by Crippen LogP contribution is -2.43. The molecule has 1 fully saturated rings. The van der Waals surface area contributed by atoms with E-state index in [1.807, 2.05) is 4.90 Å². The number of rotatable bonds is 4. The minimum atomic E-state index is -0.343. The molecule has 0 aromatic carbocycles. The van der Waals surface area contributed by atoms with Gasteiger partial charge in [-0.15, -0.1) is 0 Å². The molecule has 100 valence electrons. The number of hydrogen-bond acceptors (Lipinski definition) is 3. The second-order valence-electron chi connectivity index (χ2n) is 5.48. The van der Waals surface area contributed by atoms with Crippen molar-refractivity contribution < 1.29 is 4.79 Å². The zero-order valence-electron chi connectivity index (χ0n) is 11.1. The molecule has 0 spiro atoms. The van der Waals surface area contributed by atoms with E-state index in [-0.39, 0.29) is 18.0 Å². The van der Waals surface area contributed by atoms with Crippen LogP contribution in [-0.2, 0) is 4.79 Å². The fourth-order valence-corrected chi connectivity index (χ4v) is 3.37. The standard InChI is InChI=1S/C14H22N2OS/c1-10(2)8-12(15)14(17)16-6-3-4-13(16)11-5-7-18-9-11/h5,7,9-10,12-13H,3-4,6,8,15H2,1-2H3. The maximum atomic E-state index is 12.4. The topological polar surface area (TPSA) is 46.3 Å². The third-order valence-electron chi connectivity index (χ3n) is 3.51. The number of amides is 1. The Balaban J connectivity index is 2.05. The molecule has 2 heterocycles. The van der Waals surface area contributed by atoms with E-state index in [0.717, 1.165) is 25.8 Å². The number of nitrogens with zero attached hydrogens (tertiary/aromatic N) is 1. The van der Waals surface area contributed by atoms with Gasteiger partial charge in [0.05, 0.1) is 12.1 Å². The number of thiophene rings is 1. The largest absolute Gasteiger partial charge is 0.334 e. The van der Waals surface area contributed by atoms with Crippen LogP contribution in [0, 0.1) is 5.92 Å². The van der Waals surface area contributed by atoms with E-state index < -0.39 is 0 Å². The SMILES string of the molecule is CC(C)CC(N)C(=O)N1CCCC1c1ccsc1. The van der Waals surface area contributed by atoms with Crippen LogP contribution >= 0.6 is 11.3 Å². The Kier molecular flexibility index (Phi) is 4.40. The summed E-state index contributed by atoms with van der Waals surface area (Å²) in [5.74, 6) is 0.587. The van der Waals surface area contributed by atoms with Crippen LogP contribution in [0.25, 0.3) is 0 Å². The van der Waals surface area contributed by atoms with Crippen molar-refractivity contribution >= 4 is 17.2 Å². The Hall–Kier alpha value is -0.870. The zero-order valence-corrected chi connectivity index (χ0v) is 12.0. The van der Waals surface area contributed by atoms with Crippen LogP contribution < -0.4 is 5.73 Å². The molecule has 0 aliphatic carbocycles. The molecule has 2 unspecified atom stereocenters. The molecule has 2 atom stereocenters. The summed E-state index contributed by atoms with van der Waals surface area (Å²) >= 11 is 1.69. The van der Waals surface area contributed by atoms with Crippen LogP contribution in [0.4, 0.5) is 0 Å². The van der Waals surface area contributed by atoms with Crippen LogP contribution in [0.15, 0.2) is 16.8 Å². The molecule has 0 bridgehead atoms. The number of carbonyl (C=O) groups is 1. The second-order valence-corrected chi connectivity index (χ2v) is 6.26. The van der Waals surface area contributed by atoms with Gasteiger partial charge in [0, 0.05) is 6.54 Å². The number of carbonyl (C=O) groups excluding carboxylic acids is 1. The minimum absolute atomic E-state index is 0.123. The summed E-state index contributed by atoms with van der Waals surface area (Å²) in [6.45, 7) is 5.06. The Morgan fingerprint density at radius 1 is 1.61 bits per heavy atom. The Morgan fingerprint density at radius 3 is 3.00 bits per heavy atom. The van der Waals surface area contributed by atoms with Crippen molar-refractivity contribution in [1.29, 1.82) is 0 Å². The highest BCUT2D eigenvalue weighted by atomic mass is 32.1. The molecule has 1 aliphatic rings. The predicted octanol–water partition coefficient (Wildman–Crippen LogP) is 2.79. The first-order valence-electron chi connectivity index (χ1n) is 6.67. The molecular weight excluding hydrogens is 244 g/mol. The van der Waals surface area contributed by atoms with Crippen LogP contribution in [0.3, 0.4) is 0 Å². The third kappa shape index (κ3) is 2.93. The molecule has 1 aliphatic heterocycles. The van der Waals surface area contributed by atoms with Gasteiger partial charge in [-0.1, -0.05) is 13.8 Å². The van der Waals surface area contributed by atoms with Crippen LogP contribution in [0.2, 0.25) is 0 Å². The molecule has 0 saturated carbocycles. The monoisotopic (exact) mass is 266 g/mol. The third-order valence-corrected chi connectivity index (χ3v) is 4.21. The summed E-state index contributed by atoms with van der Waals surface area (Å²) in [5, 5.41) is 4.22. The molecule has 18 heavy (non-hydrogen) atoms. The van der Waals surface area contributed by atoms with Gasteiger partial charge in [0.15, 0.2) is 0 Å². The summed E-state index contributed by atoms with van der Waals surface area (Å²) in [4.78, 5) is 14.4. The van der Waals surface area contributed by atoms with Crippen molar-refractivity contribution in [3.8, 4) is 0 Å². The average molecular weight is 266 g/mol. The molecule has 2 rings (SSSR count). The van der Waals surface area contributed by atoms with Crippen molar-refractivity contribution in [2.45, 2.75) is 45.2 Å². The van der Waals surface area contributed by atoms with Gasteiger partial charge in [-0.25, -0.2) is 0 Å². The first-order chi connectivity index (χ1) is 8.59. The number of hydrogen-bond donors (Lipinski definition) is 1. The van der Waals surface area contributed by atoms with E-state index in [2.05, 4.69) is 30.7 Å². The molecule has 3 nitrogen and oxygen atoms in total. The van der Waals surface area contributed by atoms with Crippen LogP contribution in [0.5, 0.6) is 0 Å². The predicted molar refractivity (Wildman–Crippen MR) is 75.4 cm³/mol. The average Bonchev–Trinajstić information content (AvgIpc) is 2.97. The van der Waals surface area contributed by atoms with Crippen LogP contribution in [0.1, 0.15) is 44.7 Å². The first kappa shape index (κ1) is 13.6. The molecular formula is C14H22N2OS. The van der Waals surface area contributed by atoms with E-state index in [4.69, 9.17) is 5.73 Å². The van der Waals surface area contributed by atoms with Gasteiger partial charge in [-0.3, -0.25) is 4.79 Å². The Morgan fingerprint density at radius 2 is 2.39 bits per heavy atom. The Bertz CT molecular complexity index is 389. The van der Waals surface area contributed by atoms with Crippen molar-refractivity contribution in [2.75, 3.05) is 6.54 Å². The van der Waals surface area contributed by atoms with E-state index in [0.29, 0.717) is 5.92 Å². The summed E-state index contributed by atoms with van der Waals surface area (Å²) in [7, 11) is 0. The number of likely N-dealkylation sites (tertiary alicyclic amines) is 1. The molecule has 1 amide bonds. The van der Waals surface area contributed by atoms with Gasteiger partial charge in [0.2, 0.25) is 5.91 Å². The lowest BCUT2D eigenvalue weighted by atomic mass is 10.0. The smallest absolute Gasteiger partial charge is 0.240 e. The molecule has 0 radical (unpaired) electrons. The fraction of sp³-hybridized carbons (Fsp3) is 0.643. The fourth-order valence-electron chi connectivity index (χ4n) is 2.66. The van der Waals surface area contributed by atoms with Gasteiger partial charge in [0.1, 0.15) is 0 Å². The second kappa shape index (κ2) is 5.85. The van der Waals surface area contributed by atoms with Gasteiger partial charge in [-0.2, -0.15) is 11.3 Å². The summed E-state index contributed by atoms with van der Waals surface area (Å²) in [6.07, 6.45) is 2.92. The van der Waals surface area contributed by atoms with E-state index in [9.17, 15) is 4.79 Å². The maximum absolute atomic E-state index is 12.4. The lowest BCUT2D eigenvalue weighted by molar-refractivity contribution is -0.133. The lowest BCUT2D eigenvalue weighted by Gasteiger charge is -2.27. The summed E-state index contributed by atoms with van der Waals surface area (Å²) in [5.41, 5.74) is 7.29. The molecule has 1 aromatic heterocycles. The molecule has 4 heteroatoms. The Labute approximate surface area is 113 Å². The van der Waals surface area contributed by atoms with Crippen molar-refractivity contribution in [3.05, 3.63) is 22.4 Å². The van der Waals surface area contributed by atoms with Crippen molar-refractivity contribution in [1.82, 2.24) is 4.90 Å². The maximum Gasteiger partial charge on any atom is 0.240 e. The quantitative estimate of drug-likeness (QED) is 0.911. The minimum Gasteiger partial charge on any atom is -0.334 e. The van der Waals surface area contributed by atoms with E-state index in [1.165, 1.54) is 5.56 Å².